The number of halogens is 1. The Balaban J connectivity index is 1.52. The first kappa shape index (κ1) is 22.3. The Labute approximate surface area is 198 Å². The summed E-state index contributed by atoms with van der Waals surface area (Å²) in [6.45, 7) is 10.1. The van der Waals surface area contributed by atoms with Gasteiger partial charge in [-0.15, -0.1) is 0 Å². The number of rotatable bonds is 3. The molecule has 0 atom stereocenters. The van der Waals surface area contributed by atoms with E-state index < -0.39 is 5.54 Å². The Kier molecular flexibility index (Phi) is 5.93. The van der Waals surface area contributed by atoms with Crippen molar-refractivity contribution in [1.82, 2.24) is 9.88 Å². The molecule has 174 valence electrons. The highest BCUT2D eigenvalue weighted by Gasteiger charge is 2.43. The van der Waals surface area contributed by atoms with Crippen molar-refractivity contribution in [2.24, 2.45) is 0 Å². The van der Waals surface area contributed by atoms with Gasteiger partial charge in [-0.2, -0.15) is 0 Å². The van der Waals surface area contributed by atoms with Crippen LogP contribution in [0, 0.1) is 12.4 Å². The van der Waals surface area contributed by atoms with E-state index in [2.05, 4.69) is 14.7 Å². The highest BCUT2D eigenvalue weighted by Crippen LogP contribution is 2.41. The molecule has 2 aliphatic heterocycles. The van der Waals surface area contributed by atoms with E-state index >= 15 is 0 Å². The van der Waals surface area contributed by atoms with Crippen molar-refractivity contribution in [3.05, 3.63) is 83.1 Å². The molecule has 2 aromatic carbocycles. The van der Waals surface area contributed by atoms with Gasteiger partial charge in [-0.05, 0) is 31.0 Å². The maximum absolute atomic E-state index is 14.3. The SMILES string of the molecule is [C-]#[N+]C1(c2ccccc2)CCN(c2c(C(=O)N3CCC(O)CC3)cnc3ccc(F)cc23)CC1. The van der Waals surface area contributed by atoms with Gasteiger partial charge in [0.2, 0.25) is 0 Å². The molecule has 2 fully saturated rings. The minimum Gasteiger partial charge on any atom is -0.393 e. The zero-order chi connectivity index (χ0) is 23.7. The van der Waals surface area contributed by atoms with Gasteiger partial charge in [-0.3, -0.25) is 9.78 Å². The molecular formula is C27H27FN4O2. The number of carbonyl (C=O) groups excluding carboxylic acids is 1. The van der Waals surface area contributed by atoms with E-state index in [0.717, 1.165) is 5.56 Å². The molecule has 3 aromatic rings. The first-order valence-electron chi connectivity index (χ1n) is 11.8. The third-order valence-electron chi connectivity index (χ3n) is 7.22. The lowest BCUT2D eigenvalue weighted by molar-refractivity contribution is 0.0547. The zero-order valence-electron chi connectivity index (χ0n) is 19.0. The number of hydrogen-bond donors (Lipinski definition) is 1. The lowest BCUT2D eigenvalue weighted by Crippen LogP contribution is -2.43. The first-order chi connectivity index (χ1) is 16.5. The quantitative estimate of drug-likeness (QED) is 0.592. The summed E-state index contributed by atoms with van der Waals surface area (Å²) in [6.07, 6.45) is 3.54. The van der Waals surface area contributed by atoms with Gasteiger partial charge in [0.15, 0.2) is 0 Å². The van der Waals surface area contributed by atoms with Gasteiger partial charge in [-0.1, -0.05) is 30.3 Å². The van der Waals surface area contributed by atoms with Gasteiger partial charge >= 0.3 is 0 Å². The summed E-state index contributed by atoms with van der Waals surface area (Å²) in [5.41, 5.74) is 2.18. The Morgan fingerprint density at radius 3 is 2.47 bits per heavy atom. The Bertz CT molecular complexity index is 1240. The second-order valence-electron chi connectivity index (χ2n) is 9.20. The number of fused-ring (bicyclic) bond motifs is 1. The smallest absolute Gasteiger partial charge is 0.260 e. The lowest BCUT2D eigenvalue weighted by Gasteiger charge is -2.37. The largest absolute Gasteiger partial charge is 0.393 e. The van der Waals surface area contributed by atoms with Crippen LogP contribution in [-0.4, -0.2) is 53.2 Å². The molecule has 3 heterocycles. The highest BCUT2D eigenvalue weighted by atomic mass is 19.1. The van der Waals surface area contributed by atoms with Crippen LogP contribution >= 0.6 is 0 Å². The molecule has 0 bridgehead atoms. The molecule has 7 heteroatoms. The number of amides is 1. The van der Waals surface area contributed by atoms with E-state index in [1.54, 1.807) is 17.2 Å². The van der Waals surface area contributed by atoms with Crippen LogP contribution in [0.3, 0.4) is 0 Å². The average molecular weight is 459 g/mol. The number of hydrogen-bond acceptors (Lipinski definition) is 4. The fourth-order valence-electron chi connectivity index (χ4n) is 5.20. The molecule has 0 saturated carbocycles. The van der Waals surface area contributed by atoms with E-state index in [1.165, 1.54) is 12.1 Å². The lowest BCUT2D eigenvalue weighted by atomic mass is 9.81. The number of carbonyl (C=O) groups is 1. The first-order valence-corrected chi connectivity index (χ1v) is 11.8. The predicted molar refractivity (Wildman–Crippen MR) is 129 cm³/mol. The summed E-state index contributed by atoms with van der Waals surface area (Å²) in [7, 11) is 0. The number of aromatic nitrogens is 1. The highest BCUT2D eigenvalue weighted by molar-refractivity contribution is 6.07. The molecule has 1 aromatic heterocycles. The maximum atomic E-state index is 14.3. The summed E-state index contributed by atoms with van der Waals surface area (Å²) in [5, 5.41) is 10.5. The normalized spacial score (nSPS) is 18.6. The number of nitrogens with zero attached hydrogens (tertiary/aromatic N) is 4. The monoisotopic (exact) mass is 458 g/mol. The summed E-state index contributed by atoms with van der Waals surface area (Å²) in [4.78, 5) is 25.9. The molecule has 2 saturated heterocycles. The topological polar surface area (TPSA) is 61.0 Å². The van der Waals surface area contributed by atoms with E-state index in [-0.39, 0.29) is 17.8 Å². The molecule has 1 N–H and O–H groups in total. The molecule has 5 rings (SSSR count). The number of aliphatic hydroxyl groups excluding tert-OH is 1. The third kappa shape index (κ3) is 3.99. The molecule has 0 aliphatic carbocycles. The van der Waals surface area contributed by atoms with Crippen LogP contribution in [0.2, 0.25) is 0 Å². The minimum atomic E-state index is -0.598. The molecule has 6 nitrogen and oxygen atoms in total. The number of anilines is 1. The van der Waals surface area contributed by atoms with E-state index in [9.17, 15) is 14.3 Å². The Morgan fingerprint density at radius 1 is 1.09 bits per heavy atom. The maximum Gasteiger partial charge on any atom is 0.260 e. The predicted octanol–water partition coefficient (Wildman–Crippen LogP) is 4.39. The van der Waals surface area contributed by atoms with Gasteiger partial charge in [0.05, 0.1) is 22.9 Å². The fourth-order valence-corrected chi connectivity index (χ4v) is 5.20. The molecular weight excluding hydrogens is 431 g/mol. The van der Waals surface area contributed by atoms with Crippen molar-refractivity contribution in [2.75, 3.05) is 31.1 Å². The average Bonchev–Trinajstić information content (AvgIpc) is 2.88. The summed E-state index contributed by atoms with van der Waals surface area (Å²) in [5.74, 6) is -0.524. The number of piperidine rings is 2. The second-order valence-corrected chi connectivity index (χ2v) is 9.20. The standard InChI is InChI=1S/C27H27FN4O2/c1-29-27(19-5-3-2-4-6-19)11-15-31(16-12-27)25-22-17-20(28)7-8-24(22)30-18-23(25)26(34)32-13-9-21(33)10-14-32/h2-8,17-18,21,33H,9-16H2. The van der Waals surface area contributed by atoms with Gasteiger partial charge in [0.1, 0.15) is 5.82 Å². The molecule has 1 amide bonds. The van der Waals surface area contributed by atoms with Crippen molar-refractivity contribution in [3.63, 3.8) is 0 Å². The van der Waals surface area contributed by atoms with Gasteiger partial charge in [0, 0.05) is 56.2 Å². The molecule has 2 aliphatic rings. The van der Waals surface area contributed by atoms with Gasteiger partial charge < -0.3 is 19.8 Å². The Hall–Kier alpha value is -3.50. The zero-order valence-corrected chi connectivity index (χ0v) is 19.0. The molecule has 0 radical (unpaired) electrons. The summed E-state index contributed by atoms with van der Waals surface area (Å²) < 4.78 is 14.3. The van der Waals surface area contributed by atoms with Crippen molar-refractivity contribution < 1.29 is 14.3 Å². The van der Waals surface area contributed by atoms with Crippen molar-refractivity contribution in [1.29, 1.82) is 0 Å². The number of likely N-dealkylation sites (tertiary alicyclic amines) is 1. The van der Waals surface area contributed by atoms with Crippen molar-refractivity contribution >= 4 is 22.5 Å². The van der Waals surface area contributed by atoms with Crippen LogP contribution in [0.15, 0.2) is 54.7 Å². The van der Waals surface area contributed by atoms with E-state index in [4.69, 9.17) is 6.57 Å². The van der Waals surface area contributed by atoms with E-state index in [0.29, 0.717) is 74.0 Å². The second kappa shape index (κ2) is 9.03. The third-order valence-corrected chi connectivity index (χ3v) is 7.22. The van der Waals surface area contributed by atoms with Crippen LogP contribution in [0.5, 0.6) is 0 Å². The fraction of sp³-hybridized carbons (Fsp3) is 0.370. The van der Waals surface area contributed by atoms with Gasteiger partial charge in [-0.25, -0.2) is 11.0 Å². The number of benzene rings is 2. The number of pyridine rings is 1. The number of aliphatic hydroxyl groups is 1. The Morgan fingerprint density at radius 2 is 1.79 bits per heavy atom. The van der Waals surface area contributed by atoms with Crippen LogP contribution in [0.1, 0.15) is 41.6 Å². The van der Waals surface area contributed by atoms with Crippen LogP contribution in [-0.2, 0) is 5.54 Å². The van der Waals surface area contributed by atoms with Crippen LogP contribution in [0.25, 0.3) is 15.7 Å². The van der Waals surface area contributed by atoms with E-state index in [1.807, 2.05) is 30.3 Å². The van der Waals surface area contributed by atoms with Crippen molar-refractivity contribution in [2.45, 2.75) is 37.3 Å². The van der Waals surface area contributed by atoms with Crippen LogP contribution in [0.4, 0.5) is 10.1 Å². The summed E-state index contributed by atoms with van der Waals surface area (Å²) in [6, 6.07) is 14.3. The molecule has 0 spiro atoms. The van der Waals surface area contributed by atoms with Crippen LogP contribution < -0.4 is 4.90 Å². The summed E-state index contributed by atoms with van der Waals surface area (Å²) >= 11 is 0. The van der Waals surface area contributed by atoms with Gasteiger partial charge in [0.25, 0.3) is 11.4 Å². The minimum absolute atomic E-state index is 0.148. The van der Waals surface area contributed by atoms with Crippen molar-refractivity contribution in [3.8, 4) is 0 Å². The molecule has 34 heavy (non-hydrogen) atoms. The molecule has 0 unspecified atom stereocenters.